The van der Waals surface area contributed by atoms with Crippen molar-refractivity contribution >= 4 is 22.8 Å². The standard InChI is InChI=1S/C12H13F3N4O2/c1-6-5-7-9(16-4-2-3-8(20)21)18-11(12(13,14)15)19-10(7)17-6/h5H,2-4H2,1H3,(H,20,21)(H2,16,17,18,19). The number of carbonyl (C=O) groups is 1. The molecule has 0 aliphatic carbocycles. The van der Waals surface area contributed by atoms with Crippen molar-refractivity contribution in [2.75, 3.05) is 11.9 Å². The van der Waals surface area contributed by atoms with Crippen molar-refractivity contribution in [3.05, 3.63) is 17.6 Å². The Balaban J connectivity index is 2.29. The molecule has 0 bridgehead atoms. The van der Waals surface area contributed by atoms with Gasteiger partial charge in [0.15, 0.2) is 0 Å². The molecule has 0 unspecified atom stereocenters. The van der Waals surface area contributed by atoms with Gasteiger partial charge in [0.25, 0.3) is 0 Å². The number of aromatic amines is 1. The van der Waals surface area contributed by atoms with Crippen molar-refractivity contribution in [2.24, 2.45) is 0 Å². The number of carboxylic acids is 1. The molecule has 2 heterocycles. The summed E-state index contributed by atoms with van der Waals surface area (Å²) in [6.07, 6.45) is -4.43. The number of alkyl halides is 3. The third-order valence-corrected chi connectivity index (χ3v) is 2.74. The van der Waals surface area contributed by atoms with Crippen molar-refractivity contribution < 1.29 is 23.1 Å². The maximum Gasteiger partial charge on any atom is 0.451 e. The van der Waals surface area contributed by atoms with Crippen molar-refractivity contribution in [1.29, 1.82) is 0 Å². The number of aryl methyl sites for hydroxylation is 1. The third kappa shape index (κ3) is 3.61. The molecule has 2 aromatic rings. The maximum absolute atomic E-state index is 12.8. The Labute approximate surface area is 117 Å². The minimum Gasteiger partial charge on any atom is -0.481 e. The first-order chi connectivity index (χ1) is 9.77. The lowest BCUT2D eigenvalue weighted by molar-refractivity contribution is -0.144. The lowest BCUT2D eigenvalue weighted by Gasteiger charge is -2.10. The van der Waals surface area contributed by atoms with Gasteiger partial charge in [0.05, 0.1) is 5.39 Å². The van der Waals surface area contributed by atoms with Crippen LogP contribution in [0.5, 0.6) is 0 Å². The molecule has 0 aliphatic heterocycles. The predicted octanol–water partition coefficient (Wildman–Crippen LogP) is 2.56. The van der Waals surface area contributed by atoms with Gasteiger partial charge in [-0.05, 0) is 19.4 Å². The van der Waals surface area contributed by atoms with Gasteiger partial charge in [0, 0.05) is 18.7 Å². The van der Waals surface area contributed by atoms with Crippen LogP contribution in [0.15, 0.2) is 6.07 Å². The van der Waals surface area contributed by atoms with E-state index in [-0.39, 0.29) is 30.9 Å². The summed E-state index contributed by atoms with van der Waals surface area (Å²) in [5.41, 5.74) is 0.753. The number of aromatic nitrogens is 3. The van der Waals surface area contributed by atoms with E-state index in [9.17, 15) is 18.0 Å². The number of hydrogen-bond acceptors (Lipinski definition) is 4. The molecule has 3 N–H and O–H groups in total. The first kappa shape index (κ1) is 15.1. The van der Waals surface area contributed by atoms with Gasteiger partial charge in [-0.15, -0.1) is 0 Å². The highest BCUT2D eigenvalue weighted by atomic mass is 19.4. The Morgan fingerprint density at radius 3 is 2.76 bits per heavy atom. The molecule has 0 saturated heterocycles. The number of carboxylic acid groups (broad SMARTS) is 1. The summed E-state index contributed by atoms with van der Waals surface area (Å²) in [5, 5.41) is 11.7. The molecule has 9 heteroatoms. The highest BCUT2D eigenvalue weighted by Crippen LogP contribution is 2.30. The second-order valence-corrected chi connectivity index (χ2v) is 4.53. The second kappa shape index (κ2) is 5.58. The van der Waals surface area contributed by atoms with Crippen LogP contribution in [0, 0.1) is 6.92 Å². The number of fused-ring (bicyclic) bond motifs is 1. The minimum atomic E-state index is -4.65. The topological polar surface area (TPSA) is 90.9 Å². The van der Waals surface area contributed by atoms with E-state index < -0.39 is 18.0 Å². The normalized spacial score (nSPS) is 11.8. The number of rotatable bonds is 5. The largest absolute Gasteiger partial charge is 0.481 e. The van der Waals surface area contributed by atoms with E-state index in [4.69, 9.17) is 5.11 Å². The summed E-state index contributed by atoms with van der Waals surface area (Å²) >= 11 is 0. The fourth-order valence-electron chi connectivity index (χ4n) is 1.85. The summed E-state index contributed by atoms with van der Waals surface area (Å²) in [5.74, 6) is -2.15. The van der Waals surface area contributed by atoms with E-state index >= 15 is 0 Å². The van der Waals surface area contributed by atoms with Gasteiger partial charge in [0.1, 0.15) is 11.5 Å². The van der Waals surface area contributed by atoms with E-state index in [1.807, 2.05) is 0 Å². The maximum atomic E-state index is 12.8. The Kier molecular flexibility index (Phi) is 4.01. The van der Waals surface area contributed by atoms with Crippen LogP contribution in [-0.4, -0.2) is 32.6 Å². The molecule has 2 aromatic heterocycles. The van der Waals surface area contributed by atoms with Gasteiger partial charge in [-0.2, -0.15) is 13.2 Å². The van der Waals surface area contributed by atoms with Crippen molar-refractivity contribution in [3.63, 3.8) is 0 Å². The summed E-state index contributed by atoms with van der Waals surface area (Å²) in [7, 11) is 0. The Morgan fingerprint density at radius 1 is 1.43 bits per heavy atom. The molecule has 0 atom stereocenters. The molecule has 0 amide bonds. The van der Waals surface area contributed by atoms with Crippen molar-refractivity contribution in [1.82, 2.24) is 15.0 Å². The van der Waals surface area contributed by atoms with Crippen molar-refractivity contribution in [3.8, 4) is 0 Å². The van der Waals surface area contributed by atoms with E-state index in [2.05, 4.69) is 20.3 Å². The van der Waals surface area contributed by atoms with Crippen LogP contribution in [0.3, 0.4) is 0 Å². The van der Waals surface area contributed by atoms with Gasteiger partial charge in [-0.25, -0.2) is 9.97 Å². The quantitative estimate of drug-likeness (QED) is 0.738. The van der Waals surface area contributed by atoms with Gasteiger partial charge >= 0.3 is 12.1 Å². The number of hydrogen-bond donors (Lipinski definition) is 3. The average Bonchev–Trinajstić information content (AvgIpc) is 2.73. The molecule has 0 saturated carbocycles. The summed E-state index contributed by atoms with van der Waals surface area (Å²) in [4.78, 5) is 20.1. The van der Waals surface area contributed by atoms with Crippen LogP contribution in [0.1, 0.15) is 24.4 Å². The number of halogens is 3. The number of nitrogens with zero attached hydrogens (tertiary/aromatic N) is 2. The molecule has 2 rings (SSSR count). The predicted molar refractivity (Wildman–Crippen MR) is 69.0 cm³/mol. The van der Waals surface area contributed by atoms with E-state index in [1.54, 1.807) is 13.0 Å². The molecular weight excluding hydrogens is 289 g/mol. The smallest absolute Gasteiger partial charge is 0.451 e. The monoisotopic (exact) mass is 302 g/mol. The first-order valence-corrected chi connectivity index (χ1v) is 6.17. The van der Waals surface area contributed by atoms with Crippen LogP contribution in [0.4, 0.5) is 19.0 Å². The number of anilines is 1. The van der Waals surface area contributed by atoms with Gasteiger partial charge in [-0.3, -0.25) is 4.79 Å². The lowest BCUT2D eigenvalue weighted by Crippen LogP contribution is -2.14. The third-order valence-electron chi connectivity index (χ3n) is 2.74. The van der Waals surface area contributed by atoms with E-state index in [0.717, 1.165) is 0 Å². The Morgan fingerprint density at radius 2 is 2.14 bits per heavy atom. The fraction of sp³-hybridized carbons (Fsp3) is 0.417. The second-order valence-electron chi connectivity index (χ2n) is 4.53. The molecule has 114 valence electrons. The average molecular weight is 302 g/mol. The SMILES string of the molecule is Cc1cc2c(NCCCC(=O)O)nc(C(F)(F)F)nc2[nH]1. The van der Waals surface area contributed by atoms with Gasteiger partial charge in [0.2, 0.25) is 5.82 Å². The van der Waals surface area contributed by atoms with Gasteiger partial charge in [-0.1, -0.05) is 0 Å². The molecular formula is C12H13F3N4O2. The zero-order valence-corrected chi connectivity index (χ0v) is 11.1. The summed E-state index contributed by atoms with van der Waals surface area (Å²) in [6, 6.07) is 1.63. The van der Waals surface area contributed by atoms with E-state index in [0.29, 0.717) is 11.1 Å². The van der Waals surface area contributed by atoms with Crippen LogP contribution < -0.4 is 5.32 Å². The molecule has 6 nitrogen and oxygen atoms in total. The number of aliphatic carboxylic acids is 1. The van der Waals surface area contributed by atoms with Crippen LogP contribution in [0.25, 0.3) is 11.0 Å². The van der Waals surface area contributed by atoms with E-state index in [1.165, 1.54) is 0 Å². The summed E-state index contributed by atoms with van der Waals surface area (Å²) in [6.45, 7) is 1.91. The minimum absolute atomic E-state index is 0.0436. The molecule has 0 aromatic carbocycles. The Bertz CT molecular complexity index is 666. The molecule has 21 heavy (non-hydrogen) atoms. The lowest BCUT2D eigenvalue weighted by atomic mass is 10.3. The van der Waals surface area contributed by atoms with Crippen molar-refractivity contribution in [2.45, 2.75) is 25.9 Å². The molecule has 0 spiro atoms. The molecule has 0 fully saturated rings. The zero-order valence-electron chi connectivity index (χ0n) is 11.1. The van der Waals surface area contributed by atoms with Crippen LogP contribution in [0.2, 0.25) is 0 Å². The number of nitrogens with one attached hydrogen (secondary N) is 2. The van der Waals surface area contributed by atoms with Crippen LogP contribution in [-0.2, 0) is 11.0 Å². The molecule has 0 aliphatic rings. The summed E-state index contributed by atoms with van der Waals surface area (Å²) < 4.78 is 38.3. The van der Waals surface area contributed by atoms with Gasteiger partial charge < -0.3 is 15.4 Å². The fourth-order valence-corrected chi connectivity index (χ4v) is 1.85. The zero-order chi connectivity index (χ0) is 15.6. The number of H-pyrrole nitrogens is 1. The first-order valence-electron chi connectivity index (χ1n) is 6.17. The Hall–Kier alpha value is -2.32. The highest BCUT2D eigenvalue weighted by Gasteiger charge is 2.35. The van der Waals surface area contributed by atoms with Crippen LogP contribution >= 0.6 is 0 Å². The highest BCUT2D eigenvalue weighted by molar-refractivity contribution is 5.87. The molecule has 0 radical (unpaired) electrons.